The number of rotatable bonds is 4. The third-order valence-electron chi connectivity index (χ3n) is 3.03. The topological polar surface area (TPSA) is 37.3 Å². The molecule has 0 saturated carbocycles. The second-order valence-corrected chi connectivity index (χ2v) is 4.79. The standard InChI is InChI=1S/C17H13F3O2/c18-17(19,20)15-6-2-5-14(11-15)10-13-4-1-3-12(9-13)7-8-16(21)22/h1-9,11H,10H2,(H,21,22)/b8-7+. The number of carbonyl (C=O) groups is 1. The molecule has 0 spiro atoms. The molecule has 1 N–H and O–H groups in total. The van der Waals surface area contributed by atoms with Crippen LogP contribution in [0.25, 0.3) is 6.08 Å². The number of hydrogen-bond donors (Lipinski definition) is 1. The number of alkyl halides is 3. The molecule has 0 aliphatic carbocycles. The van der Waals surface area contributed by atoms with Crippen molar-refractivity contribution in [1.29, 1.82) is 0 Å². The van der Waals surface area contributed by atoms with Gasteiger partial charge in [0.05, 0.1) is 5.56 Å². The van der Waals surface area contributed by atoms with Gasteiger partial charge in [0, 0.05) is 6.08 Å². The van der Waals surface area contributed by atoms with Gasteiger partial charge in [0.15, 0.2) is 0 Å². The first-order valence-corrected chi connectivity index (χ1v) is 6.51. The first kappa shape index (κ1) is 15.8. The van der Waals surface area contributed by atoms with Gasteiger partial charge in [0.2, 0.25) is 0 Å². The Morgan fingerprint density at radius 1 is 1.05 bits per heavy atom. The van der Waals surface area contributed by atoms with Crippen LogP contribution in [0.1, 0.15) is 22.3 Å². The molecule has 2 nitrogen and oxygen atoms in total. The summed E-state index contributed by atoms with van der Waals surface area (Å²) in [6.45, 7) is 0. The average Bonchev–Trinajstić information content (AvgIpc) is 2.45. The third-order valence-corrected chi connectivity index (χ3v) is 3.03. The van der Waals surface area contributed by atoms with Crippen LogP contribution in [-0.2, 0) is 17.4 Å². The smallest absolute Gasteiger partial charge is 0.416 e. The van der Waals surface area contributed by atoms with Crippen molar-refractivity contribution in [1.82, 2.24) is 0 Å². The molecule has 22 heavy (non-hydrogen) atoms. The van der Waals surface area contributed by atoms with Gasteiger partial charge in [-0.05, 0) is 35.3 Å². The van der Waals surface area contributed by atoms with E-state index in [-0.39, 0.29) is 0 Å². The SMILES string of the molecule is O=C(O)/C=C/c1cccc(Cc2cccc(C(F)(F)F)c2)c1. The highest BCUT2D eigenvalue weighted by molar-refractivity contribution is 5.85. The minimum atomic E-state index is -4.36. The molecule has 0 radical (unpaired) electrons. The Kier molecular flexibility index (Phi) is 4.65. The number of benzene rings is 2. The van der Waals surface area contributed by atoms with Gasteiger partial charge in [0.1, 0.15) is 0 Å². The number of halogens is 3. The van der Waals surface area contributed by atoms with Crippen molar-refractivity contribution in [2.24, 2.45) is 0 Å². The van der Waals surface area contributed by atoms with Crippen LogP contribution in [0.15, 0.2) is 54.6 Å². The largest absolute Gasteiger partial charge is 0.478 e. The zero-order valence-corrected chi connectivity index (χ0v) is 11.5. The van der Waals surface area contributed by atoms with E-state index in [0.29, 0.717) is 17.5 Å². The predicted octanol–water partition coefficient (Wildman–Crippen LogP) is 4.39. The number of carboxylic acid groups (broad SMARTS) is 1. The van der Waals surface area contributed by atoms with Crippen LogP contribution < -0.4 is 0 Å². The molecule has 114 valence electrons. The summed E-state index contributed by atoms with van der Waals surface area (Å²) in [6, 6.07) is 12.2. The van der Waals surface area contributed by atoms with E-state index < -0.39 is 17.7 Å². The van der Waals surface area contributed by atoms with Crippen LogP contribution in [0.2, 0.25) is 0 Å². The Bertz CT molecular complexity index is 703. The Balaban J connectivity index is 2.21. The normalized spacial score (nSPS) is 11.8. The molecule has 2 rings (SSSR count). The van der Waals surface area contributed by atoms with Crippen LogP contribution in [0.5, 0.6) is 0 Å². The molecule has 0 heterocycles. The highest BCUT2D eigenvalue weighted by atomic mass is 19.4. The maximum Gasteiger partial charge on any atom is 0.416 e. The monoisotopic (exact) mass is 306 g/mol. The van der Waals surface area contributed by atoms with E-state index in [0.717, 1.165) is 23.8 Å². The van der Waals surface area contributed by atoms with Gasteiger partial charge in [-0.3, -0.25) is 0 Å². The number of aliphatic carboxylic acids is 1. The minimum absolute atomic E-state index is 0.346. The maximum absolute atomic E-state index is 12.7. The second-order valence-electron chi connectivity index (χ2n) is 4.79. The van der Waals surface area contributed by atoms with E-state index in [1.54, 1.807) is 30.3 Å². The molecular weight excluding hydrogens is 293 g/mol. The summed E-state index contributed by atoms with van der Waals surface area (Å²) < 4.78 is 38.0. The Morgan fingerprint density at radius 3 is 2.32 bits per heavy atom. The van der Waals surface area contributed by atoms with Crippen LogP contribution >= 0.6 is 0 Å². The zero-order chi connectivity index (χ0) is 16.2. The Morgan fingerprint density at radius 2 is 1.68 bits per heavy atom. The average molecular weight is 306 g/mol. The zero-order valence-electron chi connectivity index (χ0n) is 11.5. The van der Waals surface area contributed by atoms with Crippen molar-refractivity contribution < 1.29 is 23.1 Å². The minimum Gasteiger partial charge on any atom is -0.478 e. The van der Waals surface area contributed by atoms with E-state index in [1.165, 1.54) is 12.1 Å². The fourth-order valence-electron chi connectivity index (χ4n) is 2.07. The summed E-state index contributed by atoms with van der Waals surface area (Å²) in [5, 5.41) is 8.59. The van der Waals surface area contributed by atoms with Gasteiger partial charge >= 0.3 is 12.1 Å². The quantitative estimate of drug-likeness (QED) is 0.850. The van der Waals surface area contributed by atoms with Crippen molar-refractivity contribution in [3.8, 4) is 0 Å². The van der Waals surface area contributed by atoms with E-state index in [9.17, 15) is 18.0 Å². The number of carboxylic acids is 1. The second kappa shape index (κ2) is 6.47. The Labute approximate surface area is 125 Å². The molecule has 0 saturated heterocycles. The molecule has 5 heteroatoms. The van der Waals surface area contributed by atoms with Crippen molar-refractivity contribution in [3.05, 3.63) is 76.9 Å². The van der Waals surface area contributed by atoms with Crippen molar-refractivity contribution >= 4 is 12.0 Å². The molecule has 0 bridgehead atoms. The van der Waals surface area contributed by atoms with E-state index >= 15 is 0 Å². The van der Waals surface area contributed by atoms with Crippen molar-refractivity contribution in [2.75, 3.05) is 0 Å². The molecule has 2 aromatic carbocycles. The van der Waals surface area contributed by atoms with Gasteiger partial charge in [-0.25, -0.2) is 4.79 Å². The predicted molar refractivity (Wildman–Crippen MR) is 77.4 cm³/mol. The van der Waals surface area contributed by atoms with Gasteiger partial charge in [0.25, 0.3) is 0 Å². The summed E-state index contributed by atoms with van der Waals surface area (Å²) in [4.78, 5) is 10.5. The van der Waals surface area contributed by atoms with Gasteiger partial charge in [-0.15, -0.1) is 0 Å². The van der Waals surface area contributed by atoms with Crippen molar-refractivity contribution in [3.63, 3.8) is 0 Å². The molecule has 0 aromatic heterocycles. The molecule has 0 unspecified atom stereocenters. The highest BCUT2D eigenvalue weighted by Gasteiger charge is 2.30. The van der Waals surface area contributed by atoms with E-state index in [1.807, 2.05) is 0 Å². The van der Waals surface area contributed by atoms with Crippen molar-refractivity contribution in [2.45, 2.75) is 12.6 Å². The lowest BCUT2D eigenvalue weighted by Crippen LogP contribution is -2.05. The molecular formula is C17H13F3O2. The molecule has 0 aliphatic heterocycles. The molecule has 0 atom stereocenters. The molecule has 0 amide bonds. The molecule has 0 aliphatic rings. The molecule has 2 aromatic rings. The summed E-state index contributed by atoms with van der Waals surface area (Å²) in [6.07, 6.45) is -1.55. The van der Waals surface area contributed by atoms with Gasteiger partial charge in [-0.1, -0.05) is 42.5 Å². The summed E-state index contributed by atoms with van der Waals surface area (Å²) in [5.41, 5.74) is 1.37. The summed E-state index contributed by atoms with van der Waals surface area (Å²) in [7, 11) is 0. The van der Waals surface area contributed by atoms with E-state index in [2.05, 4.69) is 0 Å². The van der Waals surface area contributed by atoms with Gasteiger partial charge < -0.3 is 5.11 Å². The first-order valence-electron chi connectivity index (χ1n) is 6.51. The lowest BCUT2D eigenvalue weighted by Gasteiger charge is -2.09. The number of hydrogen-bond acceptors (Lipinski definition) is 1. The fraction of sp³-hybridized carbons (Fsp3) is 0.118. The Hall–Kier alpha value is -2.56. The van der Waals surface area contributed by atoms with Crippen LogP contribution in [0.4, 0.5) is 13.2 Å². The molecule has 0 fully saturated rings. The van der Waals surface area contributed by atoms with Crippen LogP contribution in [-0.4, -0.2) is 11.1 Å². The maximum atomic E-state index is 12.7. The fourth-order valence-corrected chi connectivity index (χ4v) is 2.07. The highest BCUT2D eigenvalue weighted by Crippen LogP contribution is 2.30. The lowest BCUT2D eigenvalue weighted by molar-refractivity contribution is -0.137. The van der Waals surface area contributed by atoms with Crippen LogP contribution in [0.3, 0.4) is 0 Å². The van der Waals surface area contributed by atoms with Crippen LogP contribution in [0, 0.1) is 0 Å². The summed E-state index contributed by atoms with van der Waals surface area (Å²) in [5.74, 6) is -1.05. The first-order chi connectivity index (χ1) is 10.3. The third kappa shape index (κ3) is 4.48. The lowest BCUT2D eigenvalue weighted by atomic mass is 10.0. The van der Waals surface area contributed by atoms with E-state index in [4.69, 9.17) is 5.11 Å². The van der Waals surface area contributed by atoms with Gasteiger partial charge in [-0.2, -0.15) is 13.2 Å². The summed E-state index contributed by atoms with van der Waals surface area (Å²) >= 11 is 0.